The summed E-state index contributed by atoms with van der Waals surface area (Å²) in [6.07, 6.45) is 1.83. The molecule has 0 aliphatic rings. The van der Waals surface area contributed by atoms with Crippen molar-refractivity contribution in [1.82, 2.24) is 0 Å². The number of carbonyl (C=O) groups excluding carboxylic acids is 1. The molecule has 82 valence electrons. The molecule has 2 amide bonds. The third-order valence-electron chi connectivity index (χ3n) is 2.17. The highest BCUT2D eigenvalue weighted by Crippen LogP contribution is 2.26. The van der Waals surface area contributed by atoms with Crippen molar-refractivity contribution >= 4 is 11.7 Å². The summed E-state index contributed by atoms with van der Waals surface area (Å²) in [6.45, 7) is 2.56. The molecule has 0 fully saturated rings. The average molecular weight is 208 g/mol. The summed E-state index contributed by atoms with van der Waals surface area (Å²) in [5.74, 6) is 0.0763. The Morgan fingerprint density at radius 3 is 2.67 bits per heavy atom. The predicted octanol–water partition coefficient (Wildman–Crippen LogP) is 2.08. The number of carbonyl (C=O) groups is 1. The molecule has 0 heterocycles. The molecular formula is C11H16N2O2. The van der Waals surface area contributed by atoms with Crippen LogP contribution in [0.3, 0.4) is 0 Å². The van der Waals surface area contributed by atoms with Crippen LogP contribution in [-0.4, -0.2) is 17.7 Å². The zero-order valence-corrected chi connectivity index (χ0v) is 8.81. The van der Waals surface area contributed by atoms with Crippen LogP contribution in [0, 0.1) is 0 Å². The maximum Gasteiger partial charge on any atom is 0.319 e. The van der Waals surface area contributed by atoms with Gasteiger partial charge >= 0.3 is 6.03 Å². The molecule has 4 heteroatoms. The Labute approximate surface area is 89.3 Å². The Kier molecular flexibility index (Phi) is 3.97. The second-order valence-corrected chi connectivity index (χ2v) is 3.33. The van der Waals surface area contributed by atoms with E-state index < -0.39 is 6.03 Å². The number of nitrogens with two attached hydrogens (primary N) is 1. The van der Waals surface area contributed by atoms with Gasteiger partial charge in [0.15, 0.2) is 0 Å². The number of aromatic hydroxyl groups is 1. The largest absolute Gasteiger partial charge is 0.506 e. The van der Waals surface area contributed by atoms with E-state index in [4.69, 9.17) is 5.73 Å². The number of anilines is 1. The van der Waals surface area contributed by atoms with Crippen molar-refractivity contribution in [2.24, 2.45) is 5.73 Å². The van der Waals surface area contributed by atoms with E-state index in [1.54, 1.807) is 18.2 Å². The Morgan fingerprint density at radius 1 is 1.47 bits per heavy atom. The molecule has 0 atom stereocenters. The quantitative estimate of drug-likeness (QED) is 0.795. The molecule has 0 spiro atoms. The van der Waals surface area contributed by atoms with Gasteiger partial charge < -0.3 is 10.8 Å². The summed E-state index contributed by atoms with van der Waals surface area (Å²) in [5.41, 5.74) is 5.73. The predicted molar refractivity (Wildman–Crippen MR) is 59.9 cm³/mol. The van der Waals surface area contributed by atoms with E-state index >= 15 is 0 Å². The number of rotatable bonds is 4. The number of unbranched alkanes of at least 4 members (excludes halogenated alkanes) is 1. The molecule has 15 heavy (non-hydrogen) atoms. The number of urea groups is 1. The molecule has 0 saturated carbocycles. The van der Waals surface area contributed by atoms with Crippen molar-refractivity contribution in [1.29, 1.82) is 0 Å². The Morgan fingerprint density at radius 2 is 2.13 bits per heavy atom. The highest BCUT2D eigenvalue weighted by molar-refractivity contribution is 5.92. The average Bonchev–Trinajstić information content (AvgIpc) is 2.20. The van der Waals surface area contributed by atoms with Gasteiger partial charge in [0.2, 0.25) is 0 Å². The fourth-order valence-corrected chi connectivity index (χ4v) is 1.36. The Balaban J connectivity index is 2.89. The smallest absolute Gasteiger partial charge is 0.319 e. The normalized spacial score (nSPS) is 9.93. The number of benzene rings is 1. The van der Waals surface area contributed by atoms with Crippen molar-refractivity contribution in [3.05, 3.63) is 24.3 Å². The number of phenolic OH excluding ortho intramolecular Hbond substituents is 1. The maximum atomic E-state index is 11.2. The van der Waals surface area contributed by atoms with E-state index in [0.29, 0.717) is 12.2 Å². The molecule has 0 aliphatic heterocycles. The standard InChI is InChI=1S/C11H16N2O2/c1-2-3-8-13(11(12)15)9-6-4-5-7-10(9)14/h4-7,14H,2-3,8H2,1H3,(H2,12,15). The van der Waals surface area contributed by atoms with E-state index in [0.717, 1.165) is 12.8 Å². The number of phenols is 1. The fourth-order valence-electron chi connectivity index (χ4n) is 1.36. The molecule has 0 radical (unpaired) electrons. The molecular weight excluding hydrogens is 192 g/mol. The minimum atomic E-state index is -0.537. The van der Waals surface area contributed by atoms with E-state index in [1.807, 2.05) is 6.92 Å². The molecule has 0 saturated heterocycles. The molecule has 0 aliphatic carbocycles. The summed E-state index contributed by atoms with van der Waals surface area (Å²) in [4.78, 5) is 12.6. The number of nitrogens with zero attached hydrogens (tertiary/aromatic N) is 1. The first-order valence-electron chi connectivity index (χ1n) is 5.01. The molecule has 1 aromatic rings. The molecule has 0 aromatic heterocycles. The number of amides is 2. The van der Waals surface area contributed by atoms with Gasteiger partial charge in [-0.15, -0.1) is 0 Å². The van der Waals surface area contributed by atoms with Gasteiger partial charge in [-0.3, -0.25) is 4.90 Å². The zero-order chi connectivity index (χ0) is 11.3. The first-order chi connectivity index (χ1) is 7.16. The third-order valence-corrected chi connectivity index (χ3v) is 2.17. The second-order valence-electron chi connectivity index (χ2n) is 3.33. The lowest BCUT2D eigenvalue weighted by Gasteiger charge is -2.20. The molecule has 0 unspecified atom stereocenters. The SMILES string of the molecule is CCCCN(C(N)=O)c1ccccc1O. The van der Waals surface area contributed by atoms with Crippen LogP contribution < -0.4 is 10.6 Å². The van der Waals surface area contributed by atoms with E-state index in [-0.39, 0.29) is 5.75 Å². The minimum Gasteiger partial charge on any atom is -0.506 e. The van der Waals surface area contributed by atoms with Crippen molar-refractivity contribution in [3.63, 3.8) is 0 Å². The monoisotopic (exact) mass is 208 g/mol. The van der Waals surface area contributed by atoms with Crippen LogP contribution in [0.25, 0.3) is 0 Å². The lowest BCUT2D eigenvalue weighted by atomic mass is 10.2. The first-order valence-corrected chi connectivity index (χ1v) is 5.01. The zero-order valence-electron chi connectivity index (χ0n) is 8.81. The van der Waals surface area contributed by atoms with Gasteiger partial charge in [-0.2, -0.15) is 0 Å². The van der Waals surface area contributed by atoms with Crippen LogP contribution in [-0.2, 0) is 0 Å². The molecule has 0 bridgehead atoms. The van der Waals surface area contributed by atoms with Gasteiger partial charge in [-0.05, 0) is 18.6 Å². The Hall–Kier alpha value is -1.71. The van der Waals surface area contributed by atoms with Gasteiger partial charge in [-0.1, -0.05) is 25.5 Å². The highest BCUT2D eigenvalue weighted by Gasteiger charge is 2.14. The number of hydrogen-bond acceptors (Lipinski definition) is 2. The third kappa shape index (κ3) is 2.87. The summed E-state index contributed by atoms with van der Waals surface area (Å²) < 4.78 is 0. The lowest BCUT2D eigenvalue weighted by Crippen LogP contribution is -2.36. The Bertz CT molecular complexity index is 339. The lowest BCUT2D eigenvalue weighted by molar-refractivity contribution is 0.253. The van der Waals surface area contributed by atoms with Crippen LogP contribution in [0.1, 0.15) is 19.8 Å². The van der Waals surface area contributed by atoms with Gasteiger partial charge in [-0.25, -0.2) is 4.79 Å². The minimum absolute atomic E-state index is 0.0763. The topological polar surface area (TPSA) is 66.6 Å². The van der Waals surface area contributed by atoms with Crippen LogP contribution in [0.15, 0.2) is 24.3 Å². The first kappa shape index (κ1) is 11.4. The van der Waals surface area contributed by atoms with Gasteiger partial charge in [0, 0.05) is 6.54 Å². The number of hydrogen-bond donors (Lipinski definition) is 2. The van der Waals surface area contributed by atoms with Gasteiger partial charge in [0.05, 0.1) is 5.69 Å². The van der Waals surface area contributed by atoms with Crippen LogP contribution in [0.2, 0.25) is 0 Å². The molecule has 1 rings (SSSR count). The van der Waals surface area contributed by atoms with Crippen LogP contribution in [0.4, 0.5) is 10.5 Å². The van der Waals surface area contributed by atoms with E-state index in [9.17, 15) is 9.90 Å². The van der Waals surface area contributed by atoms with Crippen molar-refractivity contribution < 1.29 is 9.90 Å². The van der Waals surface area contributed by atoms with Crippen LogP contribution >= 0.6 is 0 Å². The van der Waals surface area contributed by atoms with Crippen LogP contribution in [0.5, 0.6) is 5.75 Å². The second kappa shape index (κ2) is 5.24. The van der Waals surface area contributed by atoms with Gasteiger partial charge in [0.1, 0.15) is 5.75 Å². The number of primary amides is 1. The molecule has 3 N–H and O–H groups in total. The summed E-state index contributed by atoms with van der Waals surface area (Å²) in [6, 6.07) is 6.15. The number of para-hydroxylation sites is 2. The van der Waals surface area contributed by atoms with Crippen molar-refractivity contribution in [2.45, 2.75) is 19.8 Å². The van der Waals surface area contributed by atoms with Crippen molar-refractivity contribution in [2.75, 3.05) is 11.4 Å². The fraction of sp³-hybridized carbons (Fsp3) is 0.364. The molecule has 1 aromatic carbocycles. The summed E-state index contributed by atoms with van der Waals surface area (Å²) >= 11 is 0. The highest BCUT2D eigenvalue weighted by atomic mass is 16.3. The molecule has 4 nitrogen and oxygen atoms in total. The van der Waals surface area contributed by atoms with Crippen molar-refractivity contribution in [3.8, 4) is 5.75 Å². The van der Waals surface area contributed by atoms with E-state index in [1.165, 1.54) is 11.0 Å². The summed E-state index contributed by atoms with van der Waals surface area (Å²) in [5, 5.41) is 9.58. The maximum absolute atomic E-state index is 11.2. The van der Waals surface area contributed by atoms with Gasteiger partial charge in [0.25, 0.3) is 0 Å². The van der Waals surface area contributed by atoms with E-state index in [2.05, 4.69) is 0 Å². The summed E-state index contributed by atoms with van der Waals surface area (Å²) in [7, 11) is 0.